The number of nitrogens with one attached hydrogen (secondary N) is 3. The van der Waals surface area contributed by atoms with Crippen molar-refractivity contribution in [2.75, 3.05) is 19.7 Å². The number of piperidine rings is 1. The summed E-state index contributed by atoms with van der Waals surface area (Å²) in [5.41, 5.74) is -1.30. The maximum atomic E-state index is 13.5. The van der Waals surface area contributed by atoms with Gasteiger partial charge in [0.2, 0.25) is 17.7 Å². The number of rotatable bonds is 7. The number of halogens is 3. The van der Waals surface area contributed by atoms with E-state index in [2.05, 4.69) is 10.6 Å². The molecule has 0 aromatic carbocycles. The van der Waals surface area contributed by atoms with Crippen LogP contribution < -0.4 is 16.0 Å². The van der Waals surface area contributed by atoms with Crippen LogP contribution in [0.2, 0.25) is 0 Å². The molecule has 0 unspecified atom stereocenters. The quantitative estimate of drug-likeness (QED) is 0.403. The van der Waals surface area contributed by atoms with Crippen LogP contribution in [0.1, 0.15) is 47.5 Å². The highest BCUT2D eigenvalue weighted by atomic mass is 19.4. The first kappa shape index (κ1) is 27.2. The van der Waals surface area contributed by atoms with Crippen molar-refractivity contribution in [2.24, 2.45) is 28.6 Å². The molecule has 6 atom stereocenters. The predicted molar refractivity (Wildman–Crippen MR) is 118 cm³/mol. The fourth-order valence-corrected chi connectivity index (χ4v) is 5.52. The summed E-state index contributed by atoms with van der Waals surface area (Å²) in [7, 11) is 0. The van der Waals surface area contributed by atoms with Crippen LogP contribution in [0.5, 0.6) is 0 Å². The molecule has 0 aromatic heterocycles. The van der Waals surface area contributed by atoms with E-state index in [0.29, 0.717) is 13.0 Å². The second-order valence-corrected chi connectivity index (χ2v) is 11.6. The van der Waals surface area contributed by atoms with Crippen molar-refractivity contribution in [3.8, 4) is 0 Å². The molecule has 3 rings (SSSR count). The molecule has 9 nitrogen and oxygen atoms in total. The van der Waals surface area contributed by atoms with Crippen molar-refractivity contribution >= 4 is 23.6 Å². The molecule has 1 aliphatic carbocycles. The second-order valence-electron chi connectivity index (χ2n) is 11.6. The Morgan fingerprint density at radius 1 is 1.20 bits per heavy atom. The van der Waals surface area contributed by atoms with Crippen molar-refractivity contribution in [3.63, 3.8) is 0 Å². The van der Waals surface area contributed by atoms with Gasteiger partial charge in [0, 0.05) is 19.0 Å². The van der Waals surface area contributed by atoms with E-state index in [1.807, 2.05) is 19.2 Å². The van der Waals surface area contributed by atoms with Crippen LogP contribution in [0.25, 0.3) is 0 Å². The summed E-state index contributed by atoms with van der Waals surface area (Å²) in [5.74, 6) is -4.22. The lowest BCUT2D eigenvalue weighted by atomic mass is 9.85. The molecule has 4 amide bonds. The largest absolute Gasteiger partial charge is 0.471 e. The van der Waals surface area contributed by atoms with E-state index in [4.69, 9.17) is 0 Å². The Bertz CT molecular complexity index is 885. The first-order chi connectivity index (χ1) is 16.0. The maximum absolute atomic E-state index is 13.5. The lowest BCUT2D eigenvalue weighted by Crippen LogP contribution is -2.61. The number of nitrogens with zero attached hydrogens (tertiary/aromatic N) is 1. The van der Waals surface area contributed by atoms with Crippen LogP contribution in [0.3, 0.4) is 0 Å². The molecule has 0 bridgehead atoms. The minimum atomic E-state index is -5.16. The van der Waals surface area contributed by atoms with Gasteiger partial charge >= 0.3 is 12.1 Å². The molecule has 0 spiro atoms. The summed E-state index contributed by atoms with van der Waals surface area (Å²) in [4.78, 5) is 51.7. The van der Waals surface area contributed by atoms with Crippen molar-refractivity contribution in [1.82, 2.24) is 20.9 Å². The number of hydrogen-bond donors (Lipinski definition) is 4. The zero-order valence-corrected chi connectivity index (χ0v) is 20.7. The van der Waals surface area contributed by atoms with E-state index in [0.717, 1.165) is 0 Å². The Morgan fingerprint density at radius 3 is 2.31 bits per heavy atom. The van der Waals surface area contributed by atoms with E-state index >= 15 is 0 Å². The van der Waals surface area contributed by atoms with Crippen LogP contribution in [-0.4, -0.2) is 77.6 Å². The Kier molecular flexibility index (Phi) is 7.20. The van der Waals surface area contributed by atoms with E-state index in [9.17, 15) is 37.5 Å². The van der Waals surface area contributed by atoms with Crippen LogP contribution >= 0.6 is 0 Å². The van der Waals surface area contributed by atoms with Crippen LogP contribution in [0, 0.1) is 28.6 Å². The third-order valence-electron chi connectivity index (χ3n) is 7.70. The van der Waals surface area contributed by atoms with Gasteiger partial charge in [0.15, 0.2) is 0 Å². The first-order valence-electron chi connectivity index (χ1n) is 11.9. The van der Waals surface area contributed by atoms with Gasteiger partial charge in [0.25, 0.3) is 0 Å². The lowest BCUT2D eigenvalue weighted by Gasteiger charge is -2.38. The van der Waals surface area contributed by atoms with Crippen LogP contribution in [0.4, 0.5) is 13.2 Å². The number of likely N-dealkylation sites (tertiary alicyclic amines) is 1. The predicted octanol–water partition coefficient (Wildman–Crippen LogP) is 0.566. The van der Waals surface area contributed by atoms with E-state index in [-0.39, 0.29) is 42.0 Å². The van der Waals surface area contributed by atoms with Crippen LogP contribution in [-0.2, 0) is 19.2 Å². The molecular weight excluding hydrogens is 469 g/mol. The first-order valence-corrected chi connectivity index (χ1v) is 11.9. The molecule has 198 valence electrons. The van der Waals surface area contributed by atoms with Gasteiger partial charge < -0.3 is 26.0 Å². The normalized spacial score (nSPS) is 29.2. The number of aliphatic hydroxyl groups is 1. The highest BCUT2D eigenvalue weighted by Crippen LogP contribution is 2.65. The van der Waals surface area contributed by atoms with Gasteiger partial charge in [-0.15, -0.1) is 0 Å². The molecule has 1 saturated carbocycles. The van der Waals surface area contributed by atoms with Crippen molar-refractivity contribution in [1.29, 1.82) is 0 Å². The van der Waals surface area contributed by atoms with Gasteiger partial charge in [0.05, 0.1) is 12.6 Å². The standard InChI is InChI=1S/C23H35F3N4O5/c1-21(2,3)16(29-20(35)23(24,25)26)19(34)30-9-13-14(22(13,4)5)15(30)18(33)28-12(10-31)8-11-6-7-27-17(11)32/h11-16,31H,6-10H2,1-5H3,(H,27,32)(H,28,33)(H,29,35)/t11-,12-,13-,14-,15-,16+/m0/s1. The molecule has 2 aliphatic heterocycles. The SMILES string of the molecule is CC(C)(C)[C@H](NC(=O)C(F)(F)F)C(=O)N1C[C@H]2[C@@H]([C@H]1C(=O)N[C@H](CO)C[C@@H]1CCNC1=O)C2(C)C. The molecule has 3 fully saturated rings. The highest BCUT2D eigenvalue weighted by Gasteiger charge is 2.70. The van der Waals surface area contributed by atoms with Gasteiger partial charge in [-0.3, -0.25) is 19.2 Å². The Balaban J connectivity index is 1.80. The van der Waals surface area contributed by atoms with Gasteiger partial charge in [0.1, 0.15) is 12.1 Å². The number of carbonyl (C=O) groups is 4. The summed E-state index contributed by atoms with van der Waals surface area (Å²) < 4.78 is 38.8. The van der Waals surface area contributed by atoms with Gasteiger partial charge in [-0.05, 0) is 35.5 Å². The minimum absolute atomic E-state index is 0.0191. The second kappa shape index (κ2) is 9.25. The minimum Gasteiger partial charge on any atom is -0.394 e. The molecule has 4 N–H and O–H groups in total. The number of carbonyl (C=O) groups excluding carboxylic acids is 4. The summed E-state index contributed by atoms with van der Waals surface area (Å²) >= 11 is 0. The average Bonchev–Trinajstić information content (AvgIpc) is 3.10. The molecular formula is C23H35F3N4O5. The molecule has 0 aromatic rings. The summed E-state index contributed by atoms with van der Waals surface area (Å²) in [6.45, 7) is 8.84. The molecule has 0 radical (unpaired) electrons. The Labute approximate surface area is 202 Å². The topological polar surface area (TPSA) is 128 Å². The molecule has 2 heterocycles. The van der Waals surface area contributed by atoms with Gasteiger partial charge in [-0.2, -0.15) is 13.2 Å². The maximum Gasteiger partial charge on any atom is 0.471 e. The number of hydrogen-bond acceptors (Lipinski definition) is 5. The zero-order valence-electron chi connectivity index (χ0n) is 20.7. The summed E-state index contributed by atoms with van der Waals surface area (Å²) in [5, 5.41) is 17.1. The fourth-order valence-electron chi connectivity index (χ4n) is 5.52. The summed E-state index contributed by atoms with van der Waals surface area (Å²) in [6.07, 6.45) is -4.34. The van der Waals surface area contributed by atoms with E-state index in [1.54, 1.807) is 0 Å². The van der Waals surface area contributed by atoms with E-state index in [1.165, 1.54) is 25.7 Å². The molecule has 35 heavy (non-hydrogen) atoms. The van der Waals surface area contributed by atoms with Crippen molar-refractivity contribution in [2.45, 2.75) is 71.8 Å². The average molecular weight is 505 g/mol. The Hall–Kier alpha value is -2.37. The fraction of sp³-hybridized carbons (Fsp3) is 0.826. The van der Waals surface area contributed by atoms with E-state index < -0.39 is 54.0 Å². The highest BCUT2D eigenvalue weighted by molar-refractivity contribution is 5.95. The van der Waals surface area contributed by atoms with Crippen molar-refractivity contribution < 1.29 is 37.5 Å². The number of aliphatic hydroxyl groups excluding tert-OH is 1. The van der Waals surface area contributed by atoms with Gasteiger partial charge in [-0.25, -0.2) is 0 Å². The summed E-state index contributed by atoms with van der Waals surface area (Å²) in [6, 6.07) is -3.16. The molecule has 2 saturated heterocycles. The zero-order chi connectivity index (χ0) is 26.5. The third kappa shape index (κ3) is 5.41. The molecule has 3 aliphatic rings. The number of alkyl halides is 3. The third-order valence-corrected chi connectivity index (χ3v) is 7.70. The monoisotopic (exact) mass is 504 g/mol. The number of amides is 4. The Morgan fingerprint density at radius 2 is 1.83 bits per heavy atom. The van der Waals surface area contributed by atoms with Crippen molar-refractivity contribution in [3.05, 3.63) is 0 Å². The number of fused-ring (bicyclic) bond motifs is 1. The van der Waals surface area contributed by atoms with Gasteiger partial charge in [-0.1, -0.05) is 34.6 Å². The smallest absolute Gasteiger partial charge is 0.394 e. The molecule has 12 heteroatoms. The van der Waals surface area contributed by atoms with Crippen LogP contribution in [0.15, 0.2) is 0 Å². The lowest BCUT2D eigenvalue weighted by molar-refractivity contribution is -0.176.